The number of carbonyl (C=O) groups is 1. The average molecular weight is 410 g/mol. The van der Waals surface area contributed by atoms with Crippen LogP contribution < -0.4 is 16.1 Å². The average Bonchev–Trinajstić information content (AvgIpc) is 2.77. The van der Waals surface area contributed by atoms with E-state index in [9.17, 15) is 18.8 Å². The lowest BCUT2D eigenvalue weighted by molar-refractivity contribution is -0.132. The molecule has 1 aliphatic rings. The molecule has 1 aliphatic heterocycles. The molecule has 1 fully saturated rings. The summed E-state index contributed by atoms with van der Waals surface area (Å²) >= 11 is 0. The summed E-state index contributed by atoms with van der Waals surface area (Å²) < 4.78 is 15.7. The standard InChI is InChI=1S/C22H23FN4O3/c1-2-26-19-6-4-3-5-18(19)21(29)27(22(26)30)15-20(28)25-13-11-24(12-14-25)17-9-7-16(23)8-10-17/h3-10H,2,11-15H2,1H3. The van der Waals surface area contributed by atoms with Gasteiger partial charge in [0.15, 0.2) is 0 Å². The topological polar surface area (TPSA) is 67.6 Å². The van der Waals surface area contributed by atoms with Gasteiger partial charge in [-0.1, -0.05) is 12.1 Å². The van der Waals surface area contributed by atoms with Crippen LogP contribution in [0, 0.1) is 5.82 Å². The van der Waals surface area contributed by atoms with Crippen molar-refractivity contribution in [3.05, 3.63) is 75.2 Å². The Morgan fingerprint density at radius 2 is 1.60 bits per heavy atom. The molecule has 4 rings (SSSR count). The van der Waals surface area contributed by atoms with Gasteiger partial charge in [-0.05, 0) is 43.3 Å². The maximum atomic E-state index is 13.1. The molecule has 0 N–H and O–H groups in total. The number of hydrogen-bond donors (Lipinski definition) is 0. The monoisotopic (exact) mass is 410 g/mol. The first kappa shape index (κ1) is 19.9. The number of para-hydroxylation sites is 1. The van der Waals surface area contributed by atoms with Crippen molar-refractivity contribution in [2.75, 3.05) is 31.1 Å². The second-order valence-electron chi connectivity index (χ2n) is 7.28. The molecule has 1 aromatic heterocycles. The summed E-state index contributed by atoms with van der Waals surface area (Å²) in [5.41, 5.74) is 0.560. The van der Waals surface area contributed by atoms with Gasteiger partial charge >= 0.3 is 5.69 Å². The minimum atomic E-state index is -0.473. The molecule has 2 heterocycles. The van der Waals surface area contributed by atoms with E-state index in [1.807, 2.05) is 6.92 Å². The van der Waals surface area contributed by atoms with Crippen molar-refractivity contribution in [3.8, 4) is 0 Å². The van der Waals surface area contributed by atoms with Crippen LogP contribution in [0.1, 0.15) is 6.92 Å². The van der Waals surface area contributed by atoms with E-state index in [-0.39, 0.29) is 18.3 Å². The Kier molecular flexibility index (Phi) is 5.39. The first-order valence-electron chi connectivity index (χ1n) is 10.00. The summed E-state index contributed by atoms with van der Waals surface area (Å²) in [6, 6.07) is 13.2. The highest BCUT2D eigenvalue weighted by atomic mass is 19.1. The predicted octanol–water partition coefficient (Wildman–Crippen LogP) is 1.67. The van der Waals surface area contributed by atoms with E-state index in [2.05, 4.69) is 4.90 Å². The van der Waals surface area contributed by atoms with Gasteiger partial charge in [-0.15, -0.1) is 0 Å². The first-order chi connectivity index (χ1) is 14.5. The number of amides is 1. The molecule has 30 heavy (non-hydrogen) atoms. The molecule has 1 saturated heterocycles. The fourth-order valence-electron chi connectivity index (χ4n) is 3.92. The molecule has 0 aliphatic carbocycles. The highest BCUT2D eigenvalue weighted by Crippen LogP contribution is 2.17. The lowest BCUT2D eigenvalue weighted by Crippen LogP contribution is -2.51. The summed E-state index contributed by atoms with van der Waals surface area (Å²) in [6.45, 7) is 4.11. The molecule has 0 radical (unpaired) electrons. The minimum absolute atomic E-state index is 0.258. The summed E-state index contributed by atoms with van der Waals surface area (Å²) in [6.07, 6.45) is 0. The van der Waals surface area contributed by atoms with E-state index < -0.39 is 11.2 Å². The van der Waals surface area contributed by atoms with Gasteiger partial charge in [0.05, 0.1) is 10.9 Å². The molecule has 2 aromatic carbocycles. The third kappa shape index (κ3) is 3.60. The predicted molar refractivity (Wildman–Crippen MR) is 113 cm³/mol. The Hall–Kier alpha value is -3.42. The van der Waals surface area contributed by atoms with Crippen molar-refractivity contribution in [1.29, 1.82) is 0 Å². The number of carbonyl (C=O) groups excluding carboxylic acids is 1. The van der Waals surface area contributed by atoms with Gasteiger partial charge in [-0.2, -0.15) is 0 Å². The second-order valence-corrected chi connectivity index (χ2v) is 7.28. The maximum absolute atomic E-state index is 13.1. The number of anilines is 1. The molecule has 7 nitrogen and oxygen atoms in total. The largest absolute Gasteiger partial charge is 0.368 e. The van der Waals surface area contributed by atoms with Gasteiger partial charge in [0, 0.05) is 38.4 Å². The highest BCUT2D eigenvalue weighted by Gasteiger charge is 2.23. The lowest BCUT2D eigenvalue weighted by Gasteiger charge is -2.36. The van der Waals surface area contributed by atoms with Crippen molar-refractivity contribution in [2.24, 2.45) is 0 Å². The van der Waals surface area contributed by atoms with Crippen molar-refractivity contribution in [3.63, 3.8) is 0 Å². The van der Waals surface area contributed by atoms with Gasteiger partial charge in [0.25, 0.3) is 5.56 Å². The maximum Gasteiger partial charge on any atom is 0.331 e. The summed E-state index contributed by atoms with van der Waals surface area (Å²) in [5.74, 6) is -0.544. The van der Waals surface area contributed by atoms with Gasteiger partial charge in [-0.25, -0.2) is 9.18 Å². The van der Waals surface area contributed by atoms with Crippen molar-refractivity contribution in [2.45, 2.75) is 20.0 Å². The van der Waals surface area contributed by atoms with Crippen LogP contribution in [0.2, 0.25) is 0 Å². The second kappa shape index (κ2) is 8.14. The van der Waals surface area contributed by atoms with Gasteiger partial charge < -0.3 is 9.80 Å². The van der Waals surface area contributed by atoms with E-state index in [1.54, 1.807) is 41.3 Å². The Labute approximate surface area is 172 Å². The van der Waals surface area contributed by atoms with Crippen LogP contribution in [0.15, 0.2) is 58.1 Å². The summed E-state index contributed by atoms with van der Waals surface area (Å²) in [4.78, 5) is 42.3. The van der Waals surface area contributed by atoms with E-state index in [0.29, 0.717) is 43.6 Å². The highest BCUT2D eigenvalue weighted by molar-refractivity contribution is 5.79. The summed E-state index contributed by atoms with van der Waals surface area (Å²) in [7, 11) is 0. The number of benzene rings is 2. The van der Waals surface area contributed by atoms with Crippen LogP contribution in [0.5, 0.6) is 0 Å². The van der Waals surface area contributed by atoms with Crippen LogP contribution in [0.25, 0.3) is 10.9 Å². The van der Waals surface area contributed by atoms with Crippen molar-refractivity contribution >= 4 is 22.5 Å². The van der Waals surface area contributed by atoms with Crippen LogP contribution in [0.3, 0.4) is 0 Å². The van der Waals surface area contributed by atoms with Crippen molar-refractivity contribution < 1.29 is 9.18 Å². The van der Waals surface area contributed by atoms with E-state index in [4.69, 9.17) is 0 Å². The van der Waals surface area contributed by atoms with Crippen molar-refractivity contribution in [1.82, 2.24) is 14.0 Å². The molecule has 0 saturated carbocycles. The zero-order chi connectivity index (χ0) is 21.3. The van der Waals surface area contributed by atoms with Gasteiger partial charge in [0.2, 0.25) is 5.91 Å². The lowest BCUT2D eigenvalue weighted by atomic mass is 10.2. The Bertz CT molecular complexity index is 1190. The first-order valence-corrected chi connectivity index (χ1v) is 10.00. The molecule has 3 aromatic rings. The van der Waals surface area contributed by atoms with E-state index >= 15 is 0 Å². The zero-order valence-corrected chi connectivity index (χ0v) is 16.8. The number of nitrogens with zero attached hydrogens (tertiary/aromatic N) is 4. The van der Waals surface area contributed by atoms with Gasteiger partial charge in [-0.3, -0.25) is 18.7 Å². The fraction of sp³-hybridized carbons (Fsp3) is 0.318. The third-order valence-corrected chi connectivity index (χ3v) is 5.57. The van der Waals surface area contributed by atoms with Crippen LogP contribution in [-0.4, -0.2) is 46.1 Å². The molecule has 0 bridgehead atoms. The fourth-order valence-corrected chi connectivity index (χ4v) is 3.92. The molecule has 0 unspecified atom stereocenters. The molecule has 8 heteroatoms. The number of aryl methyl sites for hydroxylation is 1. The van der Waals surface area contributed by atoms with Crippen LogP contribution in [-0.2, 0) is 17.9 Å². The number of piperazine rings is 1. The summed E-state index contributed by atoms with van der Waals surface area (Å²) in [5, 5.41) is 0.424. The molecule has 156 valence electrons. The Morgan fingerprint density at radius 1 is 0.933 bits per heavy atom. The smallest absolute Gasteiger partial charge is 0.331 e. The number of hydrogen-bond acceptors (Lipinski definition) is 4. The number of rotatable bonds is 4. The van der Waals surface area contributed by atoms with E-state index in [0.717, 1.165) is 10.3 Å². The molecular weight excluding hydrogens is 387 g/mol. The number of halogens is 1. The van der Waals surface area contributed by atoms with E-state index in [1.165, 1.54) is 16.7 Å². The molecule has 0 atom stereocenters. The molecule has 1 amide bonds. The Balaban J connectivity index is 1.52. The SMILES string of the molecule is CCn1c(=O)n(CC(=O)N2CCN(c3ccc(F)cc3)CC2)c(=O)c2ccccc21. The minimum Gasteiger partial charge on any atom is -0.368 e. The van der Waals surface area contributed by atoms with Crippen LogP contribution in [0.4, 0.5) is 10.1 Å². The van der Waals surface area contributed by atoms with Crippen LogP contribution >= 0.6 is 0 Å². The Morgan fingerprint density at radius 3 is 2.27 bits per heavy atom. The third-order valence-electron chi connectivity index (χ3n) is 5.57. The van der Waals surface area contributed by atoms with Gasteiger partial charge in [0.1, 0.15) is 12.4 Å². The number of aromatic nitrogens is 2. The zero-order valence-electron chi connectivity index (χ0n) is 16.8. The quantitative estimate of drug-likeness (QED) is 0.656. The normalized spacial score (nSPS) is 14.3. The molecular formula is C22H23FN4O3. The molecule has 0 spiro atoms. The number of fused-ring (bicyclic) bond motifs is 1.